The van der Waals surface area contributed by atoms with Gasteiger partial charge in [0, 0.05) is 17.9 Å². The molecule has 122 valence electrons. The Bertz CT molecular complexity index is 804. The standard InChI is InChI=1S/C17H20N2O4/c1-17(2,3)23-16(21)18-9-11-8-10-4-6-13-12(15(10)22-11)5-7-14(20)19-13/h4-7,11H,8-9H2,1-3H3,(H,18,21)(H,19,20). The van der Waals surface area contributed by atoms with Gasteiger partial charge in [-0.2, -0.15) is 0 Å². The lowest BCUT2D eigenvalue weighted by molar-refractivity contribution is 0.0506. The van der Waals surface area contributed by atoms with Crippen LogP contribution in [0, 0.1) is 0 Å². The van der Waals surface area contributed by atoms with E-state index in [2.05, 4.69) is 10.3 Å². The number of H-pyrrole nitrogens is 1. The van der Waals surface area contributed by atoms with Crippen LogP contribution in [0.5, 0.6) is 5.75 Å². The molecule has 1 unspecified atom stereocenters. The van der Waals surface area contributed by atoms with Crippen LogP contribution in [-0.4, -0.2) is 29.3 Å². The summed E-state index contributed by atoms with van der Waals surface area (Å²) in [5.41, 5.74) is 1.15. The number of benzene rings is 1. The monoisotopic (exact) mass is 316 g/mol. The minimum absolute atomic E-state index is 0.140. The molecule has 1 aliphatic heterocycles. The molecule has 0 saturated heterocycles. The highest BCUT2D eigenvalue weighted by Crippen LogP contribution is 2.35. The molecule has 0 spiro atoms. The summed E-state index contributed by atoms with van der Waals surface area (Å²) in [6.45, 7) is 5.83. The van der Waals surface area contributed by atoms with E-state index in [1.807, 2.05) is 32.9 Å². The molecule has 0 fully saturated rings. The second-order valence-corrected chi connectivity index (χ2v) is 6.66. The van der Waals surface area contributed by atoms with Gasteiger partial charge in [0.2, 0.25) is 5.56 Å². The van der Waals surface area contributed by atoms with Crippen LogP contribution in [0.15, 0.2) is 29.1 Å². The molecule has 0 aliphatic carbocycles. The summed E-state index contributed by atoms with van der Waals surface area (Å²) < 4.78 is 11.2. The molecule has 3 rings (SSSR count). The van der Waals surface area contributed by atoms with Crippen molar-refractivity contribution >= 4 is 17.0 Å². The van der Waals surface area contributed by atoms with Gasteiger partial charge in [0.05, 0.1) is 12.1 Å². The number of fused-ring (bicyclic) bond motifs is 3. The summed E-state index contributed by atoms with van der Waals surface area (Å²) in [4.78, 5) is 25.9. The molecule has 23 heavy (non-hydrogen) atoms. The highest BCUT2D eigenvalue weighted by Gasteiger charge is 2.26. The van der Waals surface area contributed by atoms with Crippen molar-refractivity contribution in [3.63, 3.8) is 0 Å². The van der Waals surface area contributed by atoms with Crippen molar-refractivity contribution < 1.29 is 14.3 Å². The molecular formula is C17H20N2O4. The Kier molecular flexibility index (Phi) is 3.75. The van der Waals surface area contributed by atoms with Crippen molar-refractivity contribution in [3.05, 3.63) is 40.2 Å². The number of carbonyl (C=O) groups excluding carboxylic acids is 1. The van der Waals surface area contributed by atoms with E-state index in [4.69, 9.17) is 9.47 Å². The summed E-state index contributed by atoms with van der Waals surface area (Å²) in [6, 6.07) is 7.07. The van der Waals surface area contributed by atoms with E-state index in [0.717, 1.165) is 22.2 Å². The fraction of sp³-hybridized carbons (Fsp3) is 0.412. The third-order valence-corrected chi connectivity index (χ3v) is 3.54. The molecule has 1 amide bonds. The molecule has 2 N–H and O–H groups in total. The Morgan fingerprint density at radius 2 is 2.13 bits per heavy atom. The first-order valence-electron chi connectivity index (χ1n) is 7.60. The molecule has 6 heteroatoms. The average molecular weight is 316 g/mol. The smallest absolute Gasteiger partial charge is 0.407 e. The largest absolute Gasteiger partial charge is 0.487 e. The number of alkyl carbamates (subject to hydrolysis) is 1. The van der Waals surface area contributed by atoms with Crippen LogP contribution >= 0.6 is 0 Å². The van der Waals surface area contributed by atoms with Crippen LogP contribution in [0.3, 0.4) is 0 Å². The van der Waals surface area contributed by atoms with Gasteiger partial charge in [-0.3, -0.25) is 4.79 Å². The first-order chi connectivity index (χ1) is 10.8. The zero-order chi connectivity index (χ0) is 16.6. The van der Waals surface area contributed by atoms with Gasteiger partial charge in [0.25, 0.3) is 0 Å². The van der Waals surface area contributed by atoms with Crippen molar-refractivity contribution in [2.24, 2.45) is 0 Å². The molecule has 1 atom stereocenters. The zero-order valence-electron chi connectivity index (χ0n) is 13.4. The molecule has 2 aromatic rings. The summed E-state index contributed by atoms with van der Waals surface area (Å²) in [5, 5.41) is 3.61. The van der Waals surface area contributed by atoms with E-state index in [0.29, 0.717) is 13.0 Å². The predicted molar refractivity (Wildman–Crippen MR) is 86.9 cm³/mol. The Hall–Kier alpha value is -2.50. The molecule has 0 bridgehead atoms. The quantitative estimate of drug-likeness (QED) is 0.891. The number of ether oxygens (including phenoxy) is 2. The van der Waals surface area contributed by atoms with Crippen LogP contribution in [-0.2, 0) is 11.2 Å². The molecule has 1 aromatic heterocycles. The summed E-state index contributed by atoms with van der Waals surface area (Å²) in [5.74, 6) is 0.773. The normalized spacial score (nSPS) is 16.7. The highest BCUT2D eigenvalue weighted by atomic mass is 16.6. The molecule has 1 aliphatic rings. The van der Waals surface area contributed by atoms with E-state index < -0.39 is 11.7 Å². The predicted octanol–water partition coefficient (Wildman–Crippen LogP) is 2.36. The average Bonchev–Trinajstić information content (AvgIpc) is 2.86. The maximum Gasteiger partial charge on any atom is 0.407 e. The number of rotatable bonds is 2. The van der Waals surface area contributed by atoms with Crippen molar-refractivity contribution in [1.29, 1.82) is 0 Å². The van der Waals surface area contributed by atoms with Gasteiger partial charge in [-0.1, -0.05) is 6.07 Å². The lowest BCUT2D eigenvalue weighted by Crippen LogP contribution is -2.38. The van der Waals surface area contributed by atoms with Crippen LogP contribution in [0.2, 0.25) is 0 Å². The summed E-state index contributed by atoms with van der Waals surface area (Å²) in [6.07, 6.45) is 0.113. The Labute approximate surface area is 133 Å². The number of aromatic amines is 1. The van der Waals surface area contributed by atoms with Gasteiger partial charge in [-0.05, 0) is 38.5 Å². The van der Waals surface area contributed by atoms with E-state index in [-0.39, 0.29) is 11.7 Å². The van der Waals surface area contributed by atoms with Crippen molar-refractivity contribution in [3.8, 4) is 5.75 Å². The number of nitrogens with one attached hydrogen (secondary N) is 2. The van der Waals surface area contributed by atoms with Gasteiger partial charge in [-0.25, -0.2) is 4.79 Å². The minimum Gasteiger partial charge on any atom is -0.487 e. The third kappa shape index (κ3) is 3.47. The lowest BCUT2D eigenvalue weighted by Gasteiger charge is -2.20. The molecule has 0 radical (unpaired) electrons. The van der Waals surface area contributed by atoms with Crippen LogP contribution in [0.4, 0.5) is 4.79 Å². The zero-order valence-corrected chi connectivity index (χ0v) is 13.4. The highest BCUT2D eigenvalue weighted by molar-refractivity contribution is 5.87. The van der Waals surface area contributed by atoms with E-state index >= 15 is 0 Å². The summed E-state index contributed by atoms with van der Waals surface area (Å²) in [7, 11) is 0. The van der Waals surface area contributed by atoms with Gasteiger partial charge in [0.15, 0.2) is 0 Å². The SMILES string of the molecule is CC(C)(C)OC(=O)NCC1Cc2ccc3[nH]c(=O)ccc3c2O1. The third-order valence-electron chi connectivity index (χ3n) is 3.54. The topological polar surface area (TPSA) is 80.4 Å². The van der Waals surface area contributed by atoms with Crippen LogP contribution in [0.25, 0.3) is 10.9 Å². The maximum atomic E-state index is 11.7. The van der Waals surface area contributed by atoms with Crippen LogP contribution < -0.4 is 15.6 Å². The van der Waals surface area contributed by atoms with Crippen molar-refractivity contribution in [2.75, 3.05) is 6.54 Å². The molecular weight excluding hydrogens is 296 g/mol. The van der Waals surface area contributed by atoms with Gasteiger partial charge in [-0.15, -0.1) is 0 Å². The molecule has 1 aromatic carbocycles. The van der Waals surface area contributed by atoms with E-state index in [1.54, 1.807) is 6.07 Å². The fourth-order valence-electron chi connectivity index (χ4n) is 2.63. The van der Waals surface area contributed by atoms with Gasteiger partial charge >= 0.3 is 6.09 Å². The lowest BCUT2D eigenvalue weighted by atomic mass is 10.1. The molecule has 2 heterocycles. The second kappa shape index (κ2) is 5.61. The molecule has 6 nitrogen and oxygen atoms in total. The van der Waals surface area contributed by atoms with Crippen molar-refractivity contribution in [1.82, 2.24) is 10.3 Å². The maximum absolute atomic E-state index is 11.7. The molecule has 0 saturated carbocycles. The number of hydrogen-bond donors (Lipinski definition) is 2. The first-order valence-corrected chi connectivity index (χ1v) is 7.60. The van der Waals surface area contributed by atoms with Gasteiger partial charge in [0.1, 0.15) is 17.5 Å². The number of pyridine rings is 1. The number of amides is 1. The van der Waals surface area contributed by atoms with Crippen LogP contribution in [0.1, 0.15) is 26.3 Å². The first kappa shape index (κ1) is 15.4. The minimum atomic E-state index is -0.522. The van der Waals surface area contributed by atoms with Crippen molar-refractivity contribution in [2.45, 2.75) is 38.9 Å². The number of carbonyl (C=O) groups is 1. The Morgan fingerprint density at radius 1 is 1.35 bits per heavy atom. The number of aromatic nitrogens is 1. The Balaban J connectivity index is 1.69. The van der Waals surface area contributed by atoms with Gasteiger partial charge < -0.3 is 19.8 Å². The second-order valence-electron chi connectivity index (χ2n) is 6.66. The summed E-state index contributed by atoms with van der Waals surface area (Å²) >= 11 is 0. The Morgan fingerprint density at radius 3 is 2.87 bits per heavy atom. The number of hydrogen-bond acceptors (Lipinski definition) is 4. The van der Waals surface area contributed by atoms with E-state index in [1.165, 1.54) is 6.07 Å². The fourth-order valence-corrected chi connectivity index (χ4v) is 2.63. The van der Waals surface area contributed by atoms with E-state index in [9.17, 15) is 9.59 Å².